The first kappa shape index (κ1) is 25.1. The SMILES string of the molecule is CCOC(=O)c1cc(-c2ccccc2)sc1NC(=S)Nc1nn(Cc2c(F)cccc2Cl)cc1Cl. The van der Waals surface area contributed by atoms with E-state index in [2.05, 4.69) is 15.7 Å². The molecule has 0 fully saturated rings. The molecule has 0 saturated carbocycles. The number of carbonyl (C=O) groups is 1. The number of ether oxygens (including phenoxy) is 1. The summed E-state index contributed by atoms with van der Waals surface area (Å²) in [7, 11) is 0. The van der Waals surface area contributed by atoms with Gasteiger partial charge in [0.2, 0.25) is 0 Å². The molecule has 0 aliphatic carbocycles. The summed E-state index contributed by atoms with van der Waals surface area (Å²) in [5.41, 5.74) is 1.63. The summed E-state index contributed by atoms with van der Waals surface area (Å²) in [6.07, 6.45) is 1.54. The van der Waals surface area contributed by atoms with E-state index in [9.17, 15) is 9.18 Å². The van der Waals surface area contributed by atoms with Gasteiger partial charge in [0.15, 0.2) is 10.9 Å². The molecule has 6 nitrogen and oxygen atoms in total. The lowest BCUT2D eigenvalue weighted by molar-refractivity contribution is 0.0528. The Kier molecular flexibility index (Phi) is 8.02. The van der Waals surface area contributed by atoms with Crippen LogP contribution in [0.3, 0.4) is 0 Å². The highest BCUT2D eigenvalue weighted by Crippen LogP contribution is 2.36. The number of nitrogens with one attached hydrogen (secondary N) is 2. The van der Waals surface area contributed by atoms with Crippen LogP contribution in [0, 0.1) is 5.82 Å². The number of anilines is 2. The molecule has 0 amide bonds. The van der Waals surface area contributed by atoms with Crippen molar-refractivity contribution in [2.24, 2.45) is 0 Å². The van der Waals surface area contributed by atoms with Crippen molar-refractivity contribution in [1.29, 1.82) is 0 Å². The van der Waals surface area contributed by atoms with Crippen LogP contribution in [0.4, 0.5) is 15.2 Å². The lowest BCUT2D eigenvalue weighted by Crippen LogP contribution is -2.20. The Hall–Kier alpha value is -2.98. The van der Waals surface area contributed by atoms with Gasteiger partial charge in [0.1, 0.15) is 15.8 Å². The average molecular weight is 549 g/mol. The second-order valence-electron chi connectivity index (χ2n) is 7.24. The van der Waals surface area contributed by atoms with Crippen LogP contribution in [-0.2, 0) is 11.3 Å². The number of hydrogen-bond donors (Lipinski definition) is 2. The van der Waals surface area contributed by atoms with Crippen molar-refractivity contribution in [3.8, 4) is 10.4 Å². The van der Waals surface area contributed by atoms with Gasteiger partial charge in [-0.1, -0.05) is 59.6 Å². The summed E-state index contributed by atoms with van der Waals surface area (Å²) in [5.74, 6) is -0.622. The van der Waals surface area contributed by atoms with Crippen molar-refractivity contribution in [3.63, 3.8) is 0 Å². The second-order valence-corrected chi connectivity index (χ2v) is 9.52. The van der Waals surface area contributed by atoms with E-state index in [0.29, 0.717) is 21.2 Å². The standard InChI is InChI=1S/C24H19Cl2FN4O2S2/c1-2-33-23(32)15-11-20(14-7-4-3-5-8-14)35-22(15)29-24(34)28-21-18(26)13-31(30-21)12-16-17(25)9-6-10-19(16)27/h3-11,13H,2,12H2,1H3,(H2,28,29,30,34). The molecule has 2 aromatic heterocycles. The highest BCUT2D eigenvalue weighted by Gasteiger charge is 2.20. The highest BCUT2D eigenvalue weighted by atomic mass is 35.5. The normalized spacial score (nSPS) is 10.7. The maximum Gasteiger partial charge on any atom is 0.341 e. The van der Waals surface area contributed by atoms with Gasteiger partial charge >= 0.3 is 5.97 Å². The summed E-state index contributed by atoms with van der Waals surface area (Å²) in [5, 5.41) is 11.6. The third kappa shape index (κ3) is 5.99. The van der Waals surface area contributed by atoms with Gasteiger partial charge in [-0.05, 0) is 42.9 Å². The van der Waals surface area contributed by atoms with Crippen molar-refractivity contribution in [1.82, 2.24) is 9.78 Å². The number of thiophene rings is 1. The Bertz CT molecular complexity index is 1360. The molecular weight excluding hydrogens is 530 g/mol. The maximum absolute atomic E-state index is 14.1. The quantitative estimate of drug-likeness (QED) is 0.190. The van der Waals surface area contributed by atoms with Crippen molar-refractivity contribution in [3.05, 3.63) is 87.8 Å². The second kappa shape index (κ2) is 11.2. The molecule has 0 unspecified atom stereocenters. The van der Waals surface area contributed by atoms with Gasteiger partial charge in [-0.2, -0.15) is 5.10 Å². The fraction of sp³-hybridized carbons (Fsp3) is 0.125. The number of nitrogens with zero attached hydrogens (tertiary/aromatic N) is 2. The molecule has 0 saturated heterocycles. The minimum Gasteiger partial charge on any atom is -0.462 e. The van der Waals surface area contributed by atoms with Crippen LogP contribution in [-0.4, -0.2) is 27.5 Å². The number of aromatic nitrogens is 2. The van der Waals surface area contributed by atoms with E-state index < -0.39 is 11.8 Å². The zero-order chi connectivity index (χ0) is 24.9. The number of benzene rings is 2. The van der Waals surface area contributed by atoms with E-state index >= 15 is 0 Å². The Morgan fingerprint density at radius 3 is 2.63 bits per heavy atom. The van der Waals surface area contributed by atoms with Crippen LogP contribution >= 0.6 is 46.8 Å². The number of esters is 1. The Labute approximate surface area is 220 Å². The van der Waals surface area contributed by atoms with E-state index in [1.165, 1.54) is 34.3 Å². The molecule has 35 heavy (non-hydrogen) atoms. The van der Waals surface area contributed by atoms with Gasteiger partial charge in [0.05, 0.1) is 18.7 Å². The van der Waals surface area contributed by atoms with Gasteiger partial charge in [0, 0.05) is 21.7 Å². The van der Waals surface area contributed by atoms with Gasteiger partial charge < -0.3 is 15.4 Å². The molecule has 0 spiro atoms. The van der Waals surface area contributed by atoms with Crippen molar-refractivity contribution < 1.29 is 13.9 Å². The van der Waals surface area contributed by atoms with Crippen LogP contribution in [0.15, 0.2) is 60.8 Å². The first-order valence-electron chi connectivity index (χ1n) is 10.5. The van der Waals surface area contributed by atoms with Gasteiger partial charge in [-0.15, -0.1) is 11.3 Å². The van der Waals surface area contributed by atoms with Crippen LogP contribution in [0.2, 0.25) is 10.0 Å². The molecule has 0 bridgehead atoms. The molecule has 0 aliphatic rings. The molecule has 0 atom stereocenters. The van der Waals surface area contributed by atoms with Crippen LogP contribution < -0.4 is 10.6 Å². The molecule has 11 heteroatoms. The first-order valence-corrected chi connectivity index (χ1v) is 12.4. The molecule has 2 heterocycles. The largest absolute Gasteiger partial charge is 0.462 e. The van der Waals surface area contributed by atoms with Crippen molar-refractivity contribution in [2.75, 3.05) is 17.2 Å². The summed E-state index contributed by atoms with van der Waals surface area (Å²) < 4.78 is 20.8. The minimum atomic E-state index is -0.458. The zero-order valence-corrected chi connectivity index (χ0v) is 21.5. The Morgan fingerprint density at radius 2 is 1.91 bits per heavy atom. The van der Waals surface area contributed by atoms with E-state index in [1.807, 2.05) is 30.3 Å². The predicted octanol–water partition coefficient (Wildman–Crippen LogP) is 7.09. The van der Waals surface area contributed by atoms with E-state index in [-0.39, 0.29) is 29.1 Å². The summed E-state index contributed by atoms with van der Waals surface area (Å²) in [6, 6.07) is 15.9. The predicted molar refractivity (Wildman–Crippen MR) is 143 cm³/mol. The zero-order valence-electron chi connectivity index (χ0n) is 18.3. The van der Waals surface area contributed by atoms with E-state index in [4.69, 9.17) is 40.2 Å². The third-order valence-electron chi connectivity index (χ3n) is 4.84. The van der Waals surface area contributed by atoms with Gasteiger partial charge in [-0.3, -0.25) is 4.68 Å². The molecule has 2 N–H and O–H groups in total. The monoisotopic (exact) mass is 548 g/mol. The van der Waals surface area contributed by atoms with Crippen LogP contribution in [0.5, 0.6) is 0 Å². The van der Waals surface area contributed by atoms with E-state index in [0.717, 1.165) is 10.4 Å². The average Bonchev–Trinajstić information content (AvgIpc) is 3.40. The Balaban J connectivity index is 1.52. The molecule has 0 aliphatic heterocycles. The highest BCUT2D eigenvalue weighted by molar-refractivity contribution is 7.80. The lowest BCUT2D eigenvalue weighted by atomic mass is 10.1. The minimum absolute atomic E-state index is 0.0888. The number of carbonyl (C=O) groups excluding carboxylic acids is 1. The number of thiocarbonyl (C=S) groups is 1. The fourth-order valence-corrected chi connectivity index (χ4v) is 4.98. The van der Waals surface area contributed by atoms with Gasteiger partial charge in [0.25, 0.3) is 0 Å². The molecule has 0 radical (unpaired) electrons. The third-order valence-corrected chi connectivity index (χ3v) is 6.78. The molecule has 4 aromatic rings. The maximum atomic E-state index is 14.1. The van der Waals surface area contributed by atoms with Crippen molar-refractivity contribution in [2.45, 2.75) is 13.5 Å². The van der Waals surface area contributed by atoms with E-state index in [1.54, 1.807) is 19.1 Å². The summed E-state index contributed by atoms with van der Waals surface area (Å²) in [4.78, 5) is 13.4. The van der Waals surface area contributed by atoms with Crippen LogP contribution in [0.1, 0.15) is 22.8 Å². The Morgan fingerprint density at radius 1 is 1.14 bits per heavy atom. The molecule has 2 aromatic carbocycles. The smallest absolute Gasteiger partial charge is 0.341 e. The number of halogens is 3. The summed E-state index contributed by atoms with van der Waals surface area (Å²) in [6.45, 7) is 2.08. The lowest BCUT2D eigenvalue weighted by Gasteiger charge is -2.09. The molecular formula is C24H19Cl2FN4O2S2. The molecule has 4 rings (SSSR count). The topological polar surface area (TPSA) is 68.2 Å². The van der Waals surface area contributed by atoms with Gasteiger partial charge in [-0.25, -0.2) is 9.18 Å². The number of rotatable bonds is 7. The fourth-order valence-electron chi connectivity index (χ4n) is 3.24. The van der Waals surface area contributed by atoms with Crippen molar-refractivity contribution >= 4 is 68.7 Å². The number of hydrogen-bond acceptors (Lipinski definition) is 5. The summed E-state index contributed by atoms with van der Waals surface area (Å²) >= 11 is 19.2. The first-order chi connectivity index (χ1) is 16.9. The van der Waals surface area contributed by atoms with Crippen LogP contribution in [0.25, 0.3) is 10.4 Å². The molecule has 180 valence electrons.